The smallest absolute Gasteiger partial charge is 0.264 e. The molecule has 0 aliphatic carbocycles. The minimum Gasteiger partial charge on any atom is -0.497 e. The van der Waals surface area contributed by atoms with Crippen LogP contribution in [0.3, 0.4) is 0 Å². The predicted molar refractivity (Wildman–Crippen MR) is 126 cm³/mol. The summed E-state index contributed by atoms with van der Waals surface area (Å²) < 4.78 is 44.0. The van der Waals surface area contributed by atoms with Gasteiger partial charge in [0, 0.05) is 12.1 Å². The molecule has 2 aromatic carbocycles. The van der Waals surface area contributed by atoms with Crippen molar-refractivity contribution in [1.82, 2.24) is 10.2 Å². The first-order valence-corrected chi connectivity index (χ1v) is 12.1. The second-order valence-electron chi connectivity index (χ2n) is 7.87. The molecule has 0 aromatic heterocycles. The quantitative estimate of drug-likeness (QED) is 0.591. The third kappa shape index (κ3) is 5.88. The molecule has 33 heavy (non-hydrogen) atoms. The van der Waals surface area contributed by atoms with Crippen molar-refractivity contribution >= 4 is 21.6 Å². The summed E-state index contributed by atoms with van der Waals surface area (Å²) in [6.45, 7) is 1.42. The summed E-state index contributed by atoms with van der Waals surface area (Å²) in [6, 6.07) is 10.9. The van der Waals surface area contributed by atoms with Gasteiger partial charge in [-0.15, -0.1) is 0 Å². The number of piperidine rings is 1. The number of anilines is 1. The topological polar surface area (TPSA) is 97.4 Å². The molecule has 1 aliphatic rings. The van der Waals surface area contributed by atoms with Gasteiger partial charge >= 0.3 is 0 Å². The van der Waals surface area contributed by atoms with Gasteiger partial charge in [-0.2, -0.15) is 0 Å². The van der Waals surface area contributed by atoms with Gasteiger partial charge in [-0.3, -0.25) is 9.10 Å². The van der Waals surface area contributed by atoms with Crippen LogP contribution in [0.2, 0.25) is 0 Å². The highest BCUT2D eigenvalue weighted by atomic mass is 32.2. The zero-order valence-corrected chi connectivity index (χ0v) is 20.2. The average Bonchev–Trinajstić information content (AvgIpc) is 2.83. The second kappa shape index (κ2) is 10.8. The molecule has 180 valence electrons. The molecule has 0 atom stereocenters. The van der Waals surface area contributed by atoms with E-state index in [1.165, 1.54) is 39.5 Å². The highest BCUT2D eigenvalue weighted by Crippen LogP contribution is 2.32. The molecule has 0 bridgehead atoms. The first-order valence-electron chi connectivity index (χ1n) is 10.6. The van der Waals surface area contributed by atoms with Crippen LogP contribution in [0.1, 0.15) is 12.8 Å². The molecular weight excluding hydrogens is 446 g/mol. The molecule has 1 heterocycles. The lowest BCUT2D eigenvalue weighted by atomic mass is 10.1. The van der Waals surface area contributed by atoms with Gasteiger partial charge in [-0.05, 0) is 69.4 Å². The molecule has 10 heteroatoms. The van der Waals surface area contributed by atoms with E-state index in [0.29, 0.717) is 17.2 Å². The molecule has 1 fully saturated rings. The van der Waals surface area contributed by atoms with Gasteiger partial charge < -0.3 is 24.4 Å². The van der Waals surface area contributed by atoms with Gasteiger partial charge in [-0.25, -0.2) is 8.42 Å². The van der Waals surface area contributed by atoms with Gasteiger partial charge in [0.15, 0.2) is 11.5 Å². The predicted octanol–water partition coefficient (Wildman–Crippen LogP) is 2.12. The van der Waals surface area contributed by atoms with Crippen molar-refractivity contribution < 1.29 is 27.4 Å². The molecule has 9 nitrogen and oxygen atoms in total. The van der Waals surface area contributed by atoms with E-state index in [4.69, 9.17) is 14.2 Å². The molecular formula is C23H31N3O6S. The normalized spacial score (nSPS) is 15.0. The van der Waals surface area contributed by atoms with Crippen LogP contribution in [0.15, 0.2) is 47.4 Å². The summed E-state index contributed by atoms with van der Waals surface area (Å²) in [5.41, 5.74) is 0.351. The van der Waals surface area contributed by atoms with E-state index in [1.54, 1.807) is 24.3 Å². The number of hydrogen-bond acceptors (Lipinski definition) is 7. The Balaban J connectivity index is 1.91. The lowest BCUT2D eigenvalue weighted by Crippen LogP contribution is -2.47. The number of hydrogen-bond donors (Lipinski definition) is 1. The Labute approximate surface area is 195 Å². The maximum absolute atomic E-state index is 13.6. The first kappa shape index (κ1) is 24.7. The SMILES string of the molecule is COc1ccc(N(CC(=O)NC2CCN(C)CC2)S(=O)(=O)c2ccc(OC)c(OC)c2)cc1. The first-order chi connectivity index (χ1) is 15.8. The maximum Gasteiger partial charge on any atom is 0.264 e. The molecule has 1 saturated heterocycles. The number of rotatable bonds is 9. The van der Waals surface area contributed by atoms with Crippen LogP contribution >= 0.6 is 0 Å². The zero-order valence-electron chi connectivity index (χ0n) is 19.4. The van der Waals surface area contributed by atoms with Crippen LogP contribution in [-0.2, 0) is 14.8 Å². The maximum atomic E-state index is 13.6. The number of nitrogens with one attached hydrogen (secondary N) is 1. The highest BCUT2D eigenvalue weighted by molar-refractivity contribution is 7.92. The third-order valence-electron chi connectivity index (χ3n) is 5.67. The molecule has 0 unspecified atom stereocenters. The fourth-order valence-corrected chi connectivity index (χ4v) is 5.16. The summed E-state index contributed by atoms with van der Waals surface area (Å²) in [5.74, 6) is 0.916. The lowest BCUT2D eigenvalue weighted by Gasteiger charge is -2.30. The molecule has 0 radical (unpaired) electrons. The summed E-state index contributed by atoms with van der Waals surface area (Å²) in [5, 5.41) is 2.99. The van der Waals surface area contributed by atoms with E-state index in [0.717, 1.165) is 30.2 Å². The van der Waals surface area contributed by atoms with E-state index in [-0.39, 0.29) is 29.1 Å². The van der Waals surface area contributed by atoms with Gasteiger partial charge in [0.05, 0.1) is 31.9 Å². The van der Waals surface area contributed by atoms with Gasteiger partial charge in [0.1, 0.15) is 12.3 Å². The Morgan fingerprint density at radius 3 is 2.21 bits per heavy atom. The highest BCUT2D eigenvalue weighted by Gasteiger charge is 2.29. The van der Waals surface area contributed by atoms with E-state index < -0.39 is 10.0 Å². The summed E-state index contributed by atoms with van der Waals surface area (Å²) in [6.07, 6.45) is 1.65. The van der Waals surface area contributed by atoms with E-state index in [2.05, 4.69) is 10.2 Å². The summed E-state index contributed by atoms with van der Waals surface area (Å²) in [7, 11) is 2.39. The van der Waals surface area contributed by atoms with Crippen LogP contribution in [0.4, 0.5) is 5.69 Å². The number of carbonyl (C=O) groups excluding carboxylic acids is 1. The molecule has 2 aromatic rings. The van der Waals surface area contributed by atoms with Crippen molar-refractivity contribution in [3.05, 3.63) is 42.5 Å². The summed E-state index contributed by atoms with van der Waals surface area (Å²) in [4.78, 5) is 15.1. The van der Waals surface area contributed by atoms with Crippen LogP contribution in [-0.4, -0.2) is 73.3 Å². The van der Waals surface area contributed by atoms with Crippen molar-refractivity contribution in [3.8, 4) is 17.2 Å². The summed E-state index contributed by atoms with van der Waals surface area (Å²) >= 11 is 0. The number of ether oxygens (including phenoxy) is 3. The Morgan fingerprint density at radius 2 is 1.64 bits per heavy atom. The fraction of sp³-hybridized carbons (Fsp3) is 0.435. The monoisotopic (exact) mass is 477 g/mol. The largest absolute Gasteiger partial charge is 0.497 e. The molecule has 0 spiro atoms. The molecule has 1 aliphatic heterocycles. The molecule has 1 N–H and O–H groups in total. The van der Waals surface area contributed by atoms with Crippen molar-refractivity contribution in [3.63, 3.8) is 0 Å². The molecule has 3 rings (SSSR count). The number of methoxy groups -OCH3 is 3. The number of likely N-dealkylation sites (tertiary alicyclic amines) is 1. The van der Waals surface area contributed by atoms with Crippen molar-refractivity contribution in [1.29, 1.82) is 0 Å². The van der Waals surface area contributed by atoms with E-state index in [1.807, 2.05) is 7.05 Å². The Bertz CT molecular complexity index is 1050. The number of sulfonamides is 1. The number of benzene rings is 2. The number of carbonyl (C=O) groups is 1. The van der Waals surface area contributed by atoms with Crippen LogP contribution in [0.25, 0.3) is 0 Å². The molecule has 1 amide bonds. The van der Waals surface area contributed by atoms with Crippen LogP contribution in [0.5, 0.6) is 17.2 Å². The second-order valence-corrected chi connectivity index (χ2v) is 9.73. The third-order valence-corrected chi connectivity index (χ3v) is 7.44. The lowest BCUT2D eigenvalue weighted by molar-refractivity contribution is -0.120. The van der Waals surface area contributed by atoms with Gasteiger partial charge in [-0.1, -0.05) is 0 Å². The van der Waals surface area contributed by atoms with Gasteiger partial charge in [0.25, 0.3) is 10.0 Å². The van der Waals surface area contributed by atoms with Crippen molar-refractivity contribution in [2.75, 3.05) is 52.3 Å². The minimum absolute atomic E-state index is 0.0111. The Hall–Kier alpha value is -2.98. The van der Waals surface area contributed by atoms with Crippen molar-refractivity contribution in [2.24, 2.45) is 0 Å². The number of amides is 1. The Kier molecular flexibility index (Phi) is 8.04. The molecule has 0 saturated carbocycles. The average molecular weight is 478 g/mol. The zero-order chi connectivity index (χ0) is 24.0. The standard InChI is InChI=1S/C23H31N3O6S/c1-25-13-11-17(12-14-25)24-23(27)16-26(18-5-7-19(30-2)8-6-18)33(28,29)20-9-10-21(31-3)22(15-20)32-4/h5-10,15,17H,11-14,16H2,1-4H3,(H,24,27). The van der Waals surface area contributed by atoms with Crippen LogP contribution in [0, 0.1) is 0 Å². The fourth-order valence-electron chi connectivity index (χ4n) is 3.72. The van der Waals surface area contributed by atoms with E-state index >= 15 is 0 Å². The minimum atomic E-state index is -4.09. The van der Waals surface area contributed by atoms with Crippen LogP contribution < -0.4 is 23.8 Å². The Morgan fingerprint density at radius 1 is 1.00 bits per heavy atom. The van der Waals surface area contributed by atoms with Crippen molar-refractivity contribution in [2.45, 2.75) is 23.8 Å². The van der Waals surface area contributed by atoms with Gasteiger partial charge in [0.2, 0.25) is 5.91 Å². The van der Waals surface area contributed by atoms with E-state index in [9.17, 15) is 13.2 Å². The number of nitrogens with zero attached hydrogens (tertiary/aromatic N) is 2.